The maximum Gasteiger partial charge on any atom is 0.240 e. The van der Waals surface area contributed by atoms with Crippen molar-refractivity contribution in [2.45, 2.75) is 44.9 Å². The molecule has 2 bridgehead atoms. The molecular weight excluding hydrogens is 304 g/mol. The summed E-state index contributed by atoms with van der Waals surface area (Å²) in [6.07, 6.45) is 11.7. The zero-order chi connectivity index (χ0) is 16.7. The number of carbonyl (C=O) groups is 3. The van der Waals surface area contributed by atoms with Gasteiger partial charge in [0.25, 0.3) is 0 Å². The lowest BCUT2D eigenvalue weighted by Crippen LogP contribution is -2.41. The van der Waals surface area contributed by atoms with Crippen molar-refractivity contribution in [3.8, 4) is 0 Å². The number of carbonyl (C=O) groups excluding carboxylic acids is 3. The van der Waals surface area contributed by atoms with E-state index in [0.29, 0.717) is 19.4 Å². The van der Waals surface area contributed by atoms with Gasteiger partial charge in [-0.3, -0.25) is 19.3 Å². The summed E-state index contributed by atoms with van der Waals surface area (Å²) in [5.41, 5.74) is 0. The van der Waals surface area contributed by atoms with Crippen molar-refractivity contribution >= 4 is 17.7 Å². The van der Waals surface area contributed by atoms with Crippen LogP contribution in [-0.2, 0) is 14.4 Å². The average molecular weight is 330 g/mol. The van der Waals surface area contributed by atoms with Crippen LogP contribution < -0.4 is 5.32 Å². The number of rotatable bonds is 5. The fourth-order valence-corrected chi connectivity index (χ4v) is 5.35. The third-order valence-electron chi connectivity index (χ3n) is 6.62. The number of nitrogens with zero attached hydrogens (tertiary/aromatic N) is 1. The van der Waals surface area contributed by atoms with Crippen molar-refractivity contribution < 1.29 is 14.4 Å². The van der Waals surface area contributed by atoms with Crippen LogP contribution in [0.4, 0.5) is 0 Å². The standard InChI is InChI=1S/C19H26N2O3/c22-17(20-8-7-14-10-12-5-6-13(14)9-12)11-21-18(23)15-3-1-2-4-16(15)19(21)24/h1-2,12-16H,3-11H2,(H,20,22)/t12-,13-,14-,15-,16+/m0/s1. The van der Waals surface area contributed by atoms with E-state index in [2.05, 4.69) is 5.32 Å². The van der Waals surface area contributed by atoms with Crippen LogP contribution in [0.15, 0.2) is 12.2 Å². The number of fused-ring (bicyclic) bond motifs is 3. The number of nitrogens with one attached hydrogen (secondary N) is 1. The van der Waals surface area contributed by atoms with Crippen molar-refractivity contribution in [2.75, 3.05) is 13.1 Å². The van der Waals surface area contributed by atoms with E-state index in [1.807, 2.05) is 12.2 Å². The molecule has 1 heterocycles. The molecule has 0 unspecified atom stereocenters. The Morgan fingerprint density at radius 3 is 2.38 bits per heavy atom. The van der Waals surface area contributed by atoms with E-state index < -0.39 is 0 Å². The van der Waals surface area contributed by atoms with Crippen molar-refractivity contribution in [3.63, 3.8) is 0 Å². The minimum atomic E-state index is -0.246. The third kappa shape index (κ3) is 2.78. The van der Waals surface area contributed by atoms with E-state index in [1.54, 1.807) is 0 Å². The monoisotopic (exact) mass is 330 g/mol. The molecule has 1 saturated heterocycles. The van der Waals surface area contributed by atoms with Crippen LogP contribution in [0.5, 0.6) is 0 Å². The van der Waals surface area contributed by atoms with E-state index in [-0.39, 0.29) is 36.1 Å². The van der Waals surface area contributed by atoms with Gasteiger partial charge in [0.1, 0.15) is 6.54 Å². The van der Waals surface area contributed by atoms with Gasteiger partial charge in [-0.05, 0) is 56.3 Å². The Morgan fingerprint density at radius 2 is 1.79 bits per heavy atom. The van der Waals surface area contributed by atoms with Crippen molar-refractivity contribution in [3.05, 3.63) is 12.2 Å². The van der Waals surface area contributed by atoms with E-state index in [1.165, 1.54) is 30.6 Å². The zero-order valence-corrected chi connectivity index (χ0v) is 14.1. The van der Waals surface area contributed by atoms with E-state index in [0.717, 1.165) is 24.2 Å². The van der Waals surface area contributed by atoms with Crippen molar-refractivity contribution in [1.29, 1.82) is 0 Å². The summed E-state index contributed by atoms with van der Waals surface area (Å²) in [5, 5.41) is 2.92. The van der Waals surface area contributed by atoms with Gasteiger partial charge in [-0.15, -0.1) is 0 Å². The van der Waals surface area contributed by atoms with Crippen LogP contribution in [0.1, 0.15) is 44.9 Å². The highest BCUT2D eigenvalue weighted by molar-refractivity contribution is 6.07. The Kier molecular flexibility index (Phi) is 4.19. The summed E-state index contributed by atoms with van der Waals surface area (Å²) in [6, 6.07) is 0. The third-order valence-corrected chi connectivity index (χ3v) is 6.62. The van der Waals surface area contributed by atoms with Gasteiger partial charge in [-0.25, -0.2) is 0 Å². The summed E-state index contributed by atoms with van der Waals surface area (Å²) in [4.78, 5) is 38.0. The Balaban J connectivity index is 1.24. The number of amides is 3. The molecule has 5 heteroatoms. The lowest BCUT2D eigenvalue weighted by Gasteiger charge is -2.21. The number of hydrogen-bond acceptors (Lipinski definition) is 3. The van der Waals surface area contributed by atoms with Gasteiger partial charge >= 0.3 is 0 Å². The number of allylic oxidation sites excluding steroid dienone is 2. The first-order valence-electron chi connectivity index (χ1n) is 9.40. The molecule has 0 radical (unpaired) electrons. The lowest BCUT2D eigenvalue weighted by molar-refractivity contribution is -0.143. The van der Waals surface area contributed by atoms with E-state index in [4.69, 9.17) is 0 Å². The fraction of sp³-hybridized carbons (Fsp3) is 0.737. The normalized spacial score (nSPS) is 37.2. The van der Waals surface area contributed by atoms with E-state index >= 15 is 0 Å². The van der Waals surface area contributed by atoms with Crippen LogP contribution in [0, 0.1) is 29.6 Å². The smallest absolute Gasteiger partial charge is 0.240 e. The second-order valence-electron chi connectivity index (χ2n) is 7.99. The maximum atomic E-state index is 12.3. The van der Waals surface area contributed by atoms with Crippen LogP contribution >= 0.6 is 0 Å². The molecule has 4 rings (SSSR count). The minimum Gasteiger partial charge on any atom is -0.355 e. The summed E-state index contributed by atoms with van der Waals surface area (Å²) in [5.74, 6) is 1.51. The van der Waals surface area contributed by atoms with Crippen molar-refractivity contribution in [1.82, 2.24) is 10.2 Å². The van der Waals surface area contributed by atoms with Crippen LogP contribution in [0.25, 0.3) is 0 Å². The van der Waals surface area contributed by atoms with Gasteiger partial charge in [-0.2, -0.15) is 0 Å². The average Bonchev–Trinajstić information content (AvgIpc) is 3.26. The molecule has 4 aliphatic rings. The van der Waals surface area contributed by atoms with Gasteiger partial charge in [0.15, 0.2) is 0 Å². The molecule has 1 N–H and O–H groups in total. The molecular formula is C19H26N2O3. The summed E-state index contributed by atoms with van der Waals surface area (Å²) < 4.78 is 0. The van der Waals surface area contributed by atoms with Gasteiger partial charge < -0.3 is 5.32 Å². The molecule has 130 valence electrons. The minimum absolute atomic E-state index is 0.110. The van der Waals surface area contributed by atoms with E-state index in [9.17, 15) is 14.4 Å². The summed E-state index contributed by atoms with van der Waals surface area (Å²) in [6.45, 7) is 0.554. The van der Waals surface area contributed by atoms with Crippen LogP contribution in [-0.4, -0.2) is 35.7 Å². The SMILES string of the molecule is O=C(CN1C(=O)[C@H]2CC=CC[C@H]2C1=O)NCC[C@H]1C[C@H]2CC[C@H]1C2. The Morgan fingerprint density at radius 1 is 1.08 bits per heavy atom. The van der Waals surface area contributed by atoms with Gasteiger partial charge in [0.2, 0.25) is 17.7 Å². The first-order chi connectivity index (χ1) is 11.6. The number of imide groups is 1. The quantitative estimate of drug-likeness (QED) is 0.618. The second-order valence-corrected chi connectivity index (χ2v) is 7.99. The van der Waals surface area contributed by atoms with Gasteiger partial charge in [-0.1, -0.05) is 18.6 Å². The molecule has 5 atom stereocenters. The molecule has 3 fully saturated rings. The molecule has 24 heavy (non-hydrogen) atoms. The predicted octanol–water partition coefficient (Wildman–Crippen LogP) is 1.88. The first-order valence-corrected chi connectivity index (χ1v) is 9.40. The van der Waals surface area contributed by atoms with Gasteiger partial charge in [0, 0.05) is 6.54 Å². The highest BCUT2D eigenvalue weighted by atomic mass is 16.2. The number of likely N-dealkylation sites (tertiary alicyclic amines) is 1. The van der Waals surface area contributed by atoms with Crippen LogP contribution in [0.2, 0.25) is 0 Å². The molecule has 0 aromatic rings. The molecule has 3 amide bonds. The Labute approximate surface area is 142 Å². The molecule has 2 saturated carbocycles. The summed E-state index contributed by atoms with van der Waals surface area (Å²) in [7, 11) is 0. The lowest BCUT2D eigenvalue weighted by atomic mass is 9.85. The maximum absolute atomic E-state index is 12.3. The summed E-state index contributed by atoms with van der Waals surface area (Å²) >= 11 is 0. The van der Waals surface area contributed by atoms with Crippen molar-refractivity contribution in [2.24, 2.45) is 29.6 Å². The zero-order valence-electron chi connectivity index (χ0n) is 14.1. The molecule has 0 aromatic carbocycles. The number of hydrogen-bond donors (Lipinski definition) is 1. The first kappa shape index (κ1) is 15.9. The molecule has 1 aliphatic heterocycles. The molecule has 0 spiro atoms. The highest BCUT2D eigenvalue weighted by Gasteiger charge is 2.47. The molecule has 5 nitrogen and oxygen atoms in total. The van der Waals surface area contributed by atoms with Crippen LogP contribution in [0.3, 0.4) is 0 Å². The highest BCUT2D eigenvalue weighted by Crippen LogP contribution is 2.49. The predicted molar refractivity (Wildman–Crippen MR) is 88.6 cm³/mol. The Bertz CT molecular complexity index is 559. The Hall–Kier alpha value is -1.65. The fourth-order valence-electron chi connectivity index (χ4n) is 5.35. The topological polar surface area (TPSA) is 66.5 Å². The molecule has 0 aromatic heterocycles. The largest absolute Gasteiger partial charge is 0.355 e. The molecule has 3 aliphatic carbocycles. The van der Waals surface area contributed by atoms with Gasteiger partial charge in [0.05, 0.1) is 11.8 Å². The second kappa shape index (κ2) is 6.34.